The van der Waals surface area contributed by atoms with Crippen LogP contribution in [0.5, 0.6) is 5.75 Å². The molecule has 0 atom stereocenters. The van der Waals surface area contributed by atoms with Gasteiger partial charge in [0.05, 0.1) is 15.6 Å². The summed E-state index contributed by atoms with van der Waals surface area (Å²) in [4.78, 5) is 14.6. The molecule has 0 aromatic heterocycles. The Labute approximate surface area is 200 Å². The normalized spacial score (nSPS) is 12.9. The molecule has 1 aliphatic rings. The number of halogens is 3. The minimum Gasteiger partial charge on any atom is -0.505 e. The maximum Gasteiger partial charge on any atom is 0.253 e. The summed E-state index contributed by atoms with van der Waals surface area (Å²) in [6.07, 6.45) is 2.51. The van der Waals surface area contributed by atoms with E-state index in [4.69, 9.17) is 11.6 Å². The first-order chi connectivity index (χ1) is 15.9. The quantitative estimate of drug-likeness (QED) is 0.304. The average Bonchev–Trinajstić information content (AvgIpc) is 2.76. The lowest BCUT2D eigenvalue weighted by Gasteiger charge is -2.31. The largest absolute Gasteiger partial charge is 0.505 e. The second kappa shape index (κ2) is 9.85. The van der Waals surface area contributed by atoms with E-state index < -0.39 is 11.6 Å². The van der Waals surface area contributed by atoms with Crippen LogP contribution in [0, 0.1) is 11.6 Å². The molecule has 1 heterocycles. The van der Waals surface area contributed by atoms with Gasteiger partial charge in [-0.3, -0.25) is 4.79 Å². The van der Waals surface area contributed by atoms with E-state index in [0.29, 0.717) is 24.2 Å². The molecule has 1 amide bonds. The lowest BCUT2D eigenvalue weighted by molar-refractivity contribution is 0.0651. The number of likely N-dealkylation sites (tertiary alicyclic amines) is 1. The third kappa shape index (κ3) is 4.84. The number of hydrogen-bond donors (Lipinski definition) is 1. The van der Waals surface area contributed by atoms with Crippen molar-refractivity contribution in [3.8, 4) is 16.9 Å². The van der Waals surface area contributed by atoms with Gasteiger partial charge in [0, 0.05) is 36.8 Å². The van der Waals surface area contributed by atoms with Gasteiger partial charge in [0.2, 0.25) is 0 Å². The van der Waals surface area contributed by atoms with Crippen LogP contribution in [-0.4, -0.2) is 35.5 Å². The van der Waals surface area contributed by atoms with E-state index in [-0.39, 0.29) is 39.4 Å². The second-order valence-corrected chi connectivity index (χ2v) is 9.01. The third-order valence-corrected chi connectivity index (χ3v) is 6.67. The number of anilines is 1. The first kappa shape index (κ1) is 23.1. The van der Waals surface area contributed by atoms with Gasteiger partial charge in [0.25, 0.3) is 5.91 Å². The molecule has 4 rings (SSSR count). The van der Waals surface area contributed by atoms with E-state index in [1.807, 2.05) is 6.07 Å². The van der Waals surface area contributed by atoms with Crippen LogP contribution in [0.25, 0.3) is 11.1 Å². The Morgan fingerprint density at radius 2 is 1.88 bits per heavy atom. The van der Waals surface area contributed by atoms with Crippen LogP contribution >= 0.6 is 23.5 Å². The highest BCUT2D eigenvalue weighted by Crippen LogP contribution is 2.41. The van der Waals surface area contributed by atoms with Crippen LogP contribution in [0.15, 0.2) is 72.1 Å². The molecule has 1 N–H and O–H groups in total. The van der Waals surface area contributed by atoms with Crippen molar-refractivity contribution in [3.05, 3.63) is 89.5 Å². The summed E-state index contributed by atoms with van der Waals surface area (Å²) in [6, 6.07) is 14.0. The highest BCUT2D eigenvalue weighted by Gasteiger charge is 2.25. The minimum absolute atomic E-state index is 0.0204. The molecule has 1 fully saturated rings. The van der Waals surface area contributed by atoms with Gasteiger partial charge in [-0.25, -0.2) is 8.78 Å². The predicted molar refractivity (Wildman–Crippen MR) is 129 cm³/mol. The number of phenolic OH excluding ortho intramolecular Hbond substituents is 1. The van der Waals surface area contributed by atoms with Crippen molar-refractivity contribution in [1.82, 2.24) is 4.90 Å². The van der Waals surface area contributed by atoms with Gasteiger partial charge in [-0.05, 0) is 42.1 Å². The molecular formula is C25H21ClF2N2O2S. The molecular weight excluding hydrogens is 466 g/mol. The molecule has 1 saturated heterocycles. The smallest absolute Gasteiger partial charge is 0.253 e. The van der Waals surface area contributed by atoms with E-state index in [9.17, 15) is 18.7 Å². The Bertz CT molecular complexity index is 1200. The van der Waals surface area contributed by atoms with Crippen molar-refractivity contribution >= 4 is 35.1 Å². The number of hydrogen-bond acceptors (Lipinski definition) is 4. The number of rotatable bonds is 7. The zero-order valence-corrected chi connectivity index (χ0v) is 19.2. The Kier molecular flexibility index (Phi) is 6.91. The molecule has 0 saturated carbocycles. The fourth-order valence-electron chi connectivity index (χ4n) is 3.46. The van der Waals surface area contributed by atoms with Crippen LogP contribution in [0.1, 0.15) is 16.8 Å². The summed E-state index contributed by atoms with van der Waals surface area (Å²) in [6.45, 7) is 5.25. The molecule has 0 bridgehead atoms. The number of benzene rings is 3. The summed E-state index contributed by atoms with van der Waals surface area (Å²) < 4.78 is 31.0. The van der Waals surface area contributed by atoms with Gasteiger partial charge in [0.1, 0.15) is 17.4 Å². The molecule has 170 valence electrons. The van der Waals surface area contributed by atoms with Gasteiger partial charge >= 0.3 is 0 Å². The van der Waals surface area contributed by atoms with Gasteiger partial charge < -0.3 is 14.3 Å². The van der Waals surface area contributed by atoms with Crippen LogP contribution in [0.3, 0.4) is 0 Å². The van der Waals surface area contributed by atoms with Crippen molar-refractivity contribution in [2.24, 2.45) is 0 Å². The number of amides is 1. The summed E-state index contributed by atoms with van der Waals surface area (Å²) in [5.41, 5.74) is 1.29. The maximum absolute atomic E-state index is 14.9. The van der Waals surface area contributed by atoms with Crippen molar-refractivity contribution in [2.45, 2.75) is 11.3 Å². The molecule has 0 unspecified atom stereocenters. The van der Waals surface area contributed by atoms with Crippen LogP contribution < -0.4 is 4.31 Å². The molecule has 3 aromatic carbocycles. The third-order valence-electron chi connectivity index (χ3n) is 5.31. The summed E-state index contributed by atoms with van der Waals surface area (Å²) >= 11 is 7.19. The second-order valence-electron chi connectivity index (χ2n) is 7.54. The van der Waals surface area contributed by atoms with Crippen LogP contribution in [0.4, 0.5) is 14.5 Å². The van der Waals surface area contributed by atoms with Crippen molar-refractivity contribution in [3.63, 3.8) is 0 Å². The molecule has 0 radical (unpaired) electrons. The van der Waals surface area contributed by atoms with E-state index in [1.54, 1.807) is 35.2 Å². The predicted octanol–water partition coefficient (Wildman–Crippen LogP) is 6.54. The van der Waals surface area contributed by atoms with Crippen molar-refractivity contribution < 1.29 is 18.7 Å². The standard InChI is InChI=1S/C25H21ClF2N2O2S/c1-2-9-30(22-14-18(20(27)15-21(22)28)16-7-4-3-5-8-16)33-23-13-17(12-19(26)24(23)31)25(32)29-10-6-11-29/h2-5,7-8,12-15,31H,1,6,9-11H2. The Morgan fingerprint density at radius 1 is 1.15 bits per heavy atom. The first-order valence-corrected chi connectivity index (χ1v) is 11.5. The molecule has 1 aliphatic heterocycles. The number of aromatic hydroxyl groups is 1. The maximum atomic E-state index is 14.9. The number of nitrogens with zero attached hydrogens (tertiary/aromatic N) is 2. The van der Waals surface area contributed by atoms with Gasteiger partial charge in [0.15, 0.2) is 0 Å². The number of phenols is 1. The molecule has 8 heteroatoms. The average molecular weight is 487 g/mol. The molecule has 0 aliphatic carbocycles. The highest BCUT2D eigenvalue weighted by molar-refractivity contribution is 8.00. The topological polar surface area (TPSA) is 43.8 Å². The fourth-order valence-corrected chi connectivity index (χ4v) is 4.76. The molecule has 0 spiro atoms. The van der Waals surface area contributed by atoms with Crippen LogP contribution in [-0.2, 0) is 0 Å². The SMILES string of the molecule is C=CCN(Sc1cc(C(=O)N2CCC2)cc(Cl)c1O)c1cc(-c2ccccc2)c(F)cc1F. The first-order valence-electron chi connectivity index (χ1n) is 10.3. The number of carbonyl (C=O) groups is 1. The van der Waals surface area contributed by atoms with E-state index in [0.717, 1.165) is 24.4 Å². The van der Waals surface area contributed by atoms with E-state index in [2.05, 4.69) is 6.58 Å². The lowest BCUT2D eigenvalue weighted by atomic mass is 10.0. The Balaban J connectivity index is 1.72. The molecule has 33 heavy (non-hydrogen) atoms. The van der Waals surface area contributed by atoms with Crippen molar-refractivity contribution in [2.75, 3.05) is 23.9 Å². The highest BCUT2D eigenvalue weighted by atomic mass is 35.5. The van der Waals surface area contributed by atoms with Crippen LogP contribution in [0.2, 0.25) is 5.02 Å². The molecule has 4 nitrogen and oxygen atoms in total. The van der Waals surface area contributed by atoms with Gasteiger partial charge in [-0.1, -0.05) is 48.0 Å². The summed E-state index contributed by atoms with van der Waals surface area (Å²) in [5, 5.41) is 10.6. The Hall–Kier alpha value is -3.03. The van der Waals surface area contributed by atoms with E-state index in [1.165, 1.54) is 22.5 Å². The Morgan fingerprint density at radius 3 is 2.52 bits per heavy atom. The zero-order valence-electron chi connectivity index (χ0n) is 17.6. The summed E-state index contributed by atoms with van der Waals surface area (Å²) in [7, 11) is 0. The zero-order chi connectivity index (χ0) is 23.5. The molecule has 3 aromatic rings. The van der Waals surface area contributed by atoms with Crippen molar-refractivity contribution in [1.29, 1.82) is 0 Å². The number of carbonyl (C=O) groups excluding carboxylic acids is 1. The van der Waals surface area contributed by atoms with E-state index >= 15 is 0 Å². The fraction of sp³-hybridized carbons (Fsp3) is 0.160. The monoisotopic (exact) mass is 486 g/mol. The van der Waals surface area contributed by atoms with Gasteiger partial charge in [-0.15, -0.1) is 6.58 Å². The summed E-state index contributed by atoms with van der Waals surface area (Å²) in [5.74, 6) is -1.85. The van der Waals surface area contributed by atoms with Gasteiger partial charge in [-0.2, -0.15) is 0 Å². The lowest BCUT2D eigenvalue weighted by Crippen LogP contribution is -2.42. The minimum atomic E-state index is -0.764.